The van der Waals surface area contributed by atoms with Crippen LogP contribution in [-0.4, -0.2) is 5.97 Å². The number of carbonyl (C=O) groups excluding carboxylic acids is 1. The molecule has 0 aliphatic rings. The Morgan fingerprint density at radius 3 is 2.53 bits per heavy atom. The summed E-state index contributed by atoms with van der Waals surface area (Å²) in [5, 5.41) is 8.89. The molecule has 0 amide bonds. The van der Waals surface area contributed by atoms with Gasteiger partial charge >= 0.3 is 0 Å². The molecule has 96 valence electrons. The third-order valence-electron chi connectivity index (χ3n) is 2.23. The number of hydrogen-bond donors (Lipinski definition) is 0. The van der Waals surface area contributed by atoms with Gasteiger partial charge in [-0.3, -0.25) is 0 Å². The standard InChI is InChI=1S/C12H20N.C2H4O2/c1-3-5-9-13-10-6-8-12(11-13)7-4-2;1-2(3)4/h6,8,10-11H,3-5,7,9H2,1-2H3;1H3,(H,3,4)/q+1;/p-1. The molecule has 0 aliphatic heterocycles. The largest absolute Gasteiger partial charge is 0.550 e. The number of carbonyl (C=O) groups is 1. The van der Waals surface area contributed by atoms with Gasteiger partial charge in [-0.15, -0.1) is 0 Å². The number of carboxylic acid groups (broad SMARTS) is 1. The highest BCUT2D eigenvalue weighted by Crippen LogP contribution is 1.98. The molecule has 1 heterocycles. The number of aliphatic carboxylic acids is 1. The van der Waals surface area contributed by atoms with Crippen molar-refractivity contribution in [2.45, 2.75) is 53.0 Å². The van der Waals surface area contributed by atoms with Crippen LogP contribution in [0, 0.1) is 0 Å². The Kier molecular flexibility index (Phi) is 9.02. The van der Waals surface area contributed by atoms with Crippen LogP contribution in [0.15, 0.2) is 24.5 Å². The number of hydrogen-bond acceptors (Lipinski definition) is 2. The van der Waals surface area contributed by atoms with E-state index in [1.165, 1.54) is 31.2 Å². The van der Waals surface area contributed by atoms with Gasteiger partial charge in [-0.05, 0) is 19.4 Å². The molecule has 0 radical (unpaired) electrons. The van der Waals surface area contributed by atoms with Crippen LogP contribution in [0.25, 0.3) is 0 Å². The molecule has 0 fully saturated rings. The third kappa shape index (κ3) is 9.54. The summed E-state index contributed by atoms with van der Waals surface area (Å²) in [6, 6.07) is 4.37. The average Bonchev–Trinajstić information content (AvgIpc) is 2.27. The monoisotopic (exact) mass is 237 g/mol. The lowest BCUT2D eigenvalue weighted by atomic mass is 10.2. The molecule has 0 aromatic carbocycles. The molecule has 0 unspecified atom stereocenters. The molecule has 0 atom stereocenters. The number of aryl methyl sites for hydroxylation is 2. The minimum absolute atomic E-state index is 0.972. The van der Waals surface area contributed by atoms with Crippen LogP contribution in [0.5, 0.6) is 0 Å². The number of nitrogens with zero attached hydrogens (tertiary/aromatic N) is 1. The van der Waals surface area contributed by atoms with Gasteiger partial charge in [0.25, 0.3) is 0 Å². The molecule has 0 saturated heterocycles. The molecular formula is C14H23NO2. The first-order valence-corrected chi connectivity index (χ1v) is 6.25. The first-order chi connectivity index (χ1) is 8.10. The van der Waals surface area contributed by atoms with Gasteiger partial charge in [0, 0.05) is 24.0 Å². The minimum Gasteiger partial charge on any atom is -0.550 e. The maximum Gasteiger partial charge on any atom is 0.171 e. The van der Waals surface area contributed by atoms with Gasteiger partial charge in [-0.1, -0.05) is 26.7 Å². The van der Waals surface area contributed by atoms with Crippen molar-refractivity contribution in [1.82, 2.24) is 0 Å². The fourth-order valence-electron chi connectivity index (χ4n) is 1.49. The van der Waals surface area contributed by atoms with Gasteiger partial charge in [0.2, 0.25) is 0 Å². The molecule has 0 N–H and O–H groups in total. The maximum atomic E-state index is 8.89. The predicted octanol–water partition coefficient (Wildman–Crippen LogP) is 1.48. The first-order valence-electron chi connectivity index (χ1n) is 6.25. The molecule has 0 aliphatic carbocycles. The van der Waals surface area contributed by atoms with E-state index in [1.54, 1.807) is 0 Å². The summed E-state index contributed by atoms with van der Waals surface area (Å²) in [6.45, 7) is 6.59. The van der Waals surface area contributed by atoms with Crippen LogP contribution >= 0.6 is 0 Å². The summed E-state index contributed by atoms with van der Waals surface area (Å²) >= 11 is 0. The highest BCUT2D eigenvalue weighted by Gasteiger charge is 2.00. The second kappa shape index (κ2) is 9.82. The molecule has 0 saturated carbocycles. The van der Waals surface area contributed by atoms with Crippen LogP contribution in [0.2, 0.25) is 0 Å². The Balaban J connectivity index is 0.000000557. The van der Waals surface area contributed by atoms with Crippen molar-refractivity contribution in [3.63, 3.8) is 0 Å². The summed E-state index contributed by atoms with van der Waals surface area (Å²) < 4.78 is 2.30. The van der Waals surface area contributed by atoms with Gasteiger partial charge < -0.3 is 9.90 Å². The van der Waals surface area contributed by atoms with E-state index in [4.69, 9.17) is 9.90 Å². The molecule has 3 nitrogen and oxygen atoms in total. The zero-order chi connectivity index (χ0) is 13.1. The summed E-state index contributed by atoms with van der Waals surface area (Å²) in [5.74, 6) is -1.08. The molecule has 1 aromatic rings. The number of carboxylic acids is 1. The summed E-state index contributed by atoms with van der Waals surface area (Å²) in [5.41, 5.74) is 1.46. The minimum atomic E-state index is -1.08. The second-order valence-electron chi connectivity index (χ2n) is 4.05. The molecule has 1 aromatic heterocycles. The Morgan fingerprint density at radius 2 is 2.00 bits per heavy atom. The van der Waals surface area contributed by atoms with E-state index in [9.17, 15) is 0 Å². The Morgan fingerprint density at radius 1 is 1.35 bits per heavy atom. The smallest absolute Gasteiger partial charge is 0.171 e. The molecular weight excluding hydrogens is 214 g/mol. The van der Waals surface area contributed by atoms with E-state index in [0.29, 0.717) is 0 Å². The van der Waals surface area contributed by atoms with E-state index in [0.717, 1.165) is 13.5 Å². The first kappa shape index (κ1) is 15.6. The summed E-state index contributed by atoms with van der Waals surface area (Å²) in [7, 11) is 0. The van der Waals surface area contributed by atoms with Crippen LogP contribution in [0.3, 0.4) is 0 Å². The lowest BCUT2D eigenvalue weighted by molar-refractivity contribution is -0.697. The molecule has 1 rings (SSSR count). The van der Waals surface area contributed by atoms with Gasteiger partial charge in [-0.2, -0.15) is 0 Å². The fraction of sp³-hybridized carbons (Fsp3) is 0.571. The van der Waals surface area contributed by atoms with Crippen LogP contribution in [0.1, 0.15) is 45.6 Å². The molecule has 17 heavy (non-hydrogen) atoms. The molecule has 3 heteroatoms. The van der Waals surface area contributed by atoms with E-state index >= 15 is 0 Å². The second-order valence-corrected chi connectivity index (χ2v) is 4.05. The van der Waals surface area contributed by atoms with Crippen LogP contribution in [0.4, 0.5) is 0 Å². The molecule has 0 spiro atoms. The van der Waals surface area contributed by atoms with Gasteiger partial charge in [0.15, 0.2) is 12.4 Å². The van der Waals surface area contributed by atoms with Crippen LogP contribution in [-0.2, 0) is 17.8 Å². The predicted molar refractivity (Wildman–Crippen MR) is 66.2 cm³/mol. The summed E-state index contributed by atoms with van der Waals surface area (Å²) in [6.07, 6.45) is 9.42. The SMILES string of the molecule is CC(=O)[O-].CCCC[n+]1cccc(CCC)c1. The normalized spacial score (nSPS) is 9.35. The van der Waals surface area contributed by atoms with E-state index in [2.05, 4.69) is 42.9 Å². The molecule has 0 bridgehead atoms. The highest BCUT2D eigenvalue weighted by atomic mass is 16.4. The van der Waals surface area contributed by atoms with Crippen molar-refractivity contribution >= 4 is 5.97 Å². The quantitative estimate of drug-likeness (QED) is 0.728. The van der Waals surface area contributed by atoms with Crippen molar-refractivity contribution in [2.24, 2.45) is 0 Å². The van der Waals surface area contributed by atoms with Crippen molar-refractivity contribution in [3.05, 3.63) is 30.1 Å². The topological polar surface area (TPSA) is 44.0 Å². The average molecular weight is 237 g/mol. The Hall–Kier alpha value is -1.38. The maximum absolute atomic E-state index is 8.89. The lowest BCUT2D eigenvalue weighted by Crippen LogP contribution is -2.33. The zero-order valence-corrected chi connectivity index (χ0v) is 11.1. The Labute approximate surface area is 104 Å². The van der Waals surface area contributed by atoms with E-state index < -0.39 is 5.97 Å². The van der Waals surface area contributed by atoms with Crippen LogP contribution < -0.4 is 9.67 Å². The van der Waals surface area contributed by atoms with Crippen molar-refractivity contribution in [2.75, 3.05) is 0 Å². The number of unbranched alkanes of at least 4 members (excludes halogenated alkanes) is 1. The van der Waals surface area contributed by atoms with Crippen molar-refractivity contribution < 1.29 is 14.5 Å². The highest BCUT2D eigenvalue weighted by molar-refractivity contribution is 5.60. The number of aromatic nitrogens is 1. The zero-order valence-electron chi connectivity index (χ0n) is 11.1. The van der Waals surface area contributed by atoms with Crippen molar-refractivity contribution in [3.8, 4) is 0 Å². The van der Waals surface area contributed by atoms with Gasteiger partial charge in [0.1, 0.15) is 6.54 Å². The Bertz CT molecular complexity index is 320. The third-order valence-corrected chi connectivity index (χ3v) is 2.23. The van der Waals surface area contributed by atoms with E-state index in [1.807, 2.05) is 0 Å². The van der Waals surface area contributed by atoms with Crippen molar-refractivity contribution in [1.29, 1.82) is 0 Å². The summed E-state index contributed by atoms with van der Waals surface area (Å²) in [4.78, 5) is 8.89. The fourth-order valence-corrected chi connectivity index (χ4v) is 1.49. The number of pyridine rings is 1. The lowest BCUT2D eigenvalue weighted by Gasteiger charge is -1.98. The van der Waals surface area contributed by atoms with Gasteiger partial charge in [0.05, 0.1) is 0 Å². The van der Waals surface area contributed by atoms with E-state index in [-0.39, 0.29) is 0 Å². The van der Waals surface area contributed by atoms with Gasteiger partial charge in [-0.25, -0.2) is 4.57 Å². The number of rotatable bonds is 5.